The maximum atomic E-state index is 12.5. The van der Waals surface area contributed by atoms with E-state index in [1.807, 2.05) is 60.7 Å². The normalized spacial score (nSPS) is 20.6. The molecule has 5 rings (SSSR count). The molecule has 0 spiro atoms. The summed E-state index contributed by atoms with van der Waals surface area (Å²) in [4.78, 5) is 21.3. The Kier molecular flexibility index (Phi) is 4.62. The van der Waals surface area contributed by atoms with Crippen LogP contribution >= 0.6 is 15.9 Å². The number of pyridine rings is 1. The number of carbonyl (C=O) groups excluding carboxylic acids is 1. The van der Waals surface area contributed by atoms with Crippen molar-refractivity contribution in [3.05, 3.63) is 41.0 Å². The van der Waals surface area contributed by atoms with Crippen LogP contribution in [0.1, 0.15) is 27.2 Å². The summed E-state index contributed by atoms with van der Waals surface area (Å²) >= 11 is 3.53. The van der Waals surface area contributed by atoms with Crippen molar-refractivity contribution in [2.75, 3.05) is 23.7 Å². The second-order valence-electron chi connectivity index (χ2n) is 9.16. The number of nitrogens with zero attached hydrogens (tertiary/aromatic N) is 5. The lowest BCUT2D eigenvalue weighted by Crippen LogP contribution is -2.50. The Labute approximate surface area is 189 Å². The molecule has 2 N–H and O–H groups in total. The Morgan fingerprint density at radius 2 is 2.00 bits per heavy atom. The van der Waals surface area contributed by atoms with Gasteiger partial charge in [0.25, 0.3) is 0 Å². The van der Waals surface area contributed by atoms with E-state index in [0.717, 1.165) is 39.8 Å². The van der Waals surface area contributed by atoms with Gasteiger partial charge in [0.15, 0.2) is 5.82 Å². The number of nitrogen functional groups attached to an aromatic ring is 1. The quantitative estimate of drug-likeness (QED) is 0.591. The van der Waals surface area contributed by atoms with Crippen LogP contribution in [0.25, 0.3) is 16.6 Å². The van der Waals surface area contributed by atoms with Gasteiger partial charge < -0.3 is 20.3 Å². The van der Waals surface area contributed by atoms with E-state index < -0.39 is 5.60 Å². The van der Waals surface area contributed by atoms with Crippen LogP contribution in [0.3, 0.4) is 0 Å². The molecular formula is C22H25BrN6O2. The molecule has 162 valence electrons. The molecule has 2 atom stereocenters. The van der Waals surface area contributed by atoms with Gasteiger partial charge in [-0.05, 0) is 51.5 Å². The monoisotopic (exact) mass is 484 g/mol. The molecule has 2 aliphatic rings. The third-order valence-corrected chi connectivity index (χ3v) is 6.30. The highest BCUT2D eigenvalue weighted by molar-refractivity contribution is 9.10. The maximum Gasteiger partial charge on any atom is 0.410 e. The average Bonchev–Trinajstić information content (AvgIpc) is 3.39. The molecule has 2 saturated heterocycles. The molecule has 2 aromatic heterocycles. The summed E-state index contributed by atoms with van der Waals surface area (Å²) < 4.78 is 8.39. The SMILES string of the molecule is CC(C)(C)OC(=O)N1C[C@@H]2C[C@H]1CN2c1cc(-n2nc(N)c3ccc(Br)cc32)ccn1. The minimum Gasteiger partial charge on any atom is -0.444 e. The van der Waals surface area contributed by atoms with E-state index >= 15 is 0 Å². The third kappa shape index (κ3) is 3.60. The first kappa shape index (κ1) is 20.1. The van der Waals surface area contributed by atoms with Gasteiger partial charge in [-0.25, -0.2) is 14.5 Å². The fraction of sp³-hybridized carbons (Fsp3) is 0.409. The van der Waals surface area contributed by atoms with E-state index in [1.54, 1.807) is 6.20 Å². The van der Waals surface area contributed by atoms with E-state index in [9.17, 15) is 4.79 Å². The molecule has 0 radical (unpaired) electrons. The number of hydrogen-bond acceptors (Lipinski definition) is 6. The number of nitrogens with two attached hydrogens (primary N) is 1. The zero-order chi connectivity index (χ0) is 21.9. The predicted molar refractivity (Wildman–Crippen MR) is 123 cm³/mol. The number of halogens is 1. The van der Waals surface area contributed by atoms with Gasteiger partial charge in [0.2, 0.25) is 0 Å². The van der Waals surface area contributed by atoms with E-state index in [0.29, 0.717) is 12.4 Å². The number of likely N-dealkylation sites (tertiary alicyclic amines) is 1. The zero-order valence-electron chi connectivity index (χ0n) is 17.7. The van der Waals surface area contributed by atoms with Gasteiger partial charge in [-0.3, -0.25) is 0 Å². The van der Waals surface area contributed by atoms with Gasteiger partial charge in [0, 0.05) is 35.2 Å². The fourth-order valence-corrected chi connectivity index (χ4v) is 4.85. The van der Waals surface area contributed by atoms with Crippen molar-refractivity contribution >= 4 is 44.6 Å². The molecular weight excluding hydrogens is 460 g/mol. The Bertz CT molecular complexity index is 1170. The van der Waals surface area contributed by atoms with E-state index in [2.05, 4.69) is 30.9 Å². The topological polar surface area (TPSA) is 89.5 Å². The summed E-state index contributed by atoms with van der Waals surface area (Å²) in [6.45, 7) is 7.08. The molecule has 0 unspecified atom stereocenters. The summed E-state index contributed by atoms with van der Waals surface area (Å²) in [6.07, 6.45) is 2.49. The van der Waals surface area contributed by atoms with Gasteiger partial charge in [0.05, 0.1) is 23.3 Å². The standard InChI is InChI=1S/C22H25BrN6O2/c1-22(2,3)31-21(30)28-12-15-9-16(28)11-27(15)19-10-14(6-7-25-19)29-18-8-13(23)4-5-17(18)20(24)26-29/h4-8,10,15-16H,9,11-12H2,1-3H3,(H2,24,26)/t15-,16-/m0/s1. The van der Waals surface area contributed by atoms with Crippen LogP contribution in [-0.2, 0) is 4.74 Å². The van der Waals surface area contributed by atoms with Gasteiger partial charge >= 0.3 is 6.09 Å². The lowest BCUT2D eigenvalue weighted by molar-refractivity contribution is 0.0214. The van der Waals surface area contributed by atoms with Crippen LogP contribution in [0, 0.1) is 0 Å². The number of rotatable bonds is 2. The summed E-state index contributed by atoms with van der Waals surface area (Å²) in [5, 5.41) is 5.46. The first-order chi connectivity index (χ1) is 14.7. The largest absolute Gasteiger partial charge is 0.444 e. The molecule has 8 nitrogen and oxygen atoms in total. The fourth-order valence-electron chi connectivity index (χ4n) is 4.50. The maximum absolute atomic E-state index is 12.5. The molecule has 0 saturated carbocycles. The molecule has 3 aromatic rings. The third-order valence-electron chi connectivity index (χ3n) is 5.81. The molecule has 9 heteroatoms. The Hall–Kier alpha value is -2.81. The Morgan fingerprint density at radius 3 is 2.71 bits per heavy atom. The van der Waals surface area contributed by atoms with Crippen molar-refractivity contribution in [3.63, 3.8) is 0 Å². The smallest absolute Gasteiger partial charge is 0.410 e. The zero-order valence-corrected chi connectivity index (χ0v) is 19.3. The van der Waals surface area contributed by atoms with E-state index in [-0.39, 0.29) is 18.2 Å². The highest BCUT2D eigenvalue weighted by atomic mass is 79.9. The van der Waals surface area contributed by atoms with Crippen LogP contribution in [0.5, 0.6) is 0 Å². The molecule has 2 bridgehead atoms. The van der Waals surface area contributed by atoms with Crippen molar-refractivity contribution in [1.29, 1.82) is 0 Å². The van der Waals surface area contributed by atoms with Crippen LogP contribution in [0.15, 0.2) is 41.0 Å². The van der Waals surface area contributed by atoms with E-state index in [4.69, 9.17) is 10.5 Å². The van der Waals surface area contributed by atoms with Crippen molar-refractivity contribution in [2.24, 2.45) is 0 Å². The summed E-state index contributed by atoms with van der Waals surface area (Å²) in [5.41, 5.74) is 7.48. The lowest BCUT2D eigenvalue weighted by Gasteiger charge is -2.35. The number of carbonyl (C=O) groups is 1. The molecule has 1 amide bonds. The number of fused-ring (bicyclic) bond motifs is 3. The van der Waals surface area contributed by atoms with Gasteiger partial charge in [-0.15, -0.1) is 5.10 Å². The number of amides is 1. The van der Waals surface area contributed by atoms with Gasteiger partial charge in [-0.2, -0.15) is 0 Å². The number of aromatic nitrogens is 3. The first-order valence-corrected chi connectivity index (χ1v) is 11.2. The number of hydrogen-bond donors (Lipinski definition) is 1. The first-order valence-electron chi connectivity index (χ1n) is 10.4. The summed E-state index contributed by atoms with van der Waals surface area (Å²) in [5.74, 6) is 1.38. The highest BCUT2D eigenvalue weighted by Gasteiger charge is 2.47. The van der Waals surface area contributed by atoms with Crippen molar-refractivity contribution in [3.8, 4) is 5.69 Å². The Balaban J connectivity index is 1.40. The van der Waals surface area contributed by atoms with Crippen LogP contribution in [0.2, 0.25) is 0 Å². The minimum absolute atomic E-state index is 0.141. The van der Waals surface area contributed by atoms with Crippen molar-refractivity contribution in [2.45, 2.75) is 44.9 Å². The number of benzene rings is 1. The van der Waals surface area contributed by atoms with Crippen LogP contribution in [-0.4, -0.2) is 56.5 Å². The summed E-state index contributed by atoms with van der Waals surface area (Å²) in [7, 11) is 0. The second-order valence-corrected chi connectivity index (χ2v) is 10.1. The number of piperazine rings is 1. The highest BCUT2D eigenvalue weighted by Crippen LogP contribution is 2.35. The number of ether oxygens (including phenoxy) is 1. The summed E-state index contributed by atoms with van der Waals surface area (Å²) in [6, 6.07) is 10.3. The second kappa shape index (κ2) is 7.12. The van der Waals surface area contributed by atoms with E-state index in [1.165, 1.54) is 0 Å². The van der Waals surface area contributed by atoms with Crippen LogP contribution < -0.4 is 10.6 Å². The van der Waals surface area contributed by atoms with Gasteiger partial charge in [-0.1, -0.05) is 15.9 Å². The average molecular weight is 485 g/mol. The Morgan fingerprint density at radius 1 is 1.19 bits per heavy atom. The van der Waals surface area contributed by atoms with Crippen molar-refractivity contribution in [1.82, 2.24) is 19.7 Å². The molecule has 2 fully saturated rings. The molecule has 0 aliphatic carbocycles. The number of anilines is 2. The molecule has 1 aromatic carbocycles. The van der Waals surface area contributed by atoms with Crippen molar-refractivity contribution < 1.29 is 9.53 Å². The molecule has 31 heavy (non-hydrogen) atoms. The van der Waals surface area contributed by atoms with Crippen LogP contribution in [0.4, 0.5) is 16.4 Å². The van der Waals surface area contributed by atoms with Gasteiger partial charge in [0.1, 0.15) is 11.4 Å². The molecule has 4 heterocycles. The lowest BCUT2D eigenvalue weighted by atomic mass is 10.2. The molecule has 2 aliphatic heterocycles. The minimum atomic E-state index is -0.488. The predicted octanol–water partition coefficient (Wildman–Crippen LogP) is 3.96.